The van der Waals surface area contributed by atoms with Gasteiger partial charge < -0.3 is 9.64 Å². The highest BCUT2D eigenvalue weighted by Crippen LogP contribution is 2.33. The molecule has 0 aliphatic heterocycles. The van der Waals surface area contributed by atoms with E-state index in [1.54, 1.807) is 11.0 Å². The molecule has 0 saturated carbocycles. The van der Waals surface area contributed by atoms with Gasteiger partial charge in [0.15, 0.2) is 5.78 Å². The standard InChI is InChI=1S/C19H19NO3/c1-3-20(4-2)19(22)23-16-11-7-9-14-12-13-8-5-6-10-15(13)18(21)17(14)16/h5-11H,3-4,12H2,1-2H3. The third-order valence-corrected chi connectivity index (χ3v) is 4.20. The molecule has 0 N–H and O–H groups in total. The maximum Gasteiger partial charge on any atom is 0.415 e. The lowest BCUT2D eigenvalue weighted by molar-refractivity contribution is 0.103. The number of ether oxygens (including phenoxy) is 1. The first-order valence-electron chi connectivity index (χ1n) is 7.87. The summed E-state index contributed by atoms with van der Waals surface area (Å²) in [7, 11) is 0. The van der Waals surface area contributed by atoms with Crippen molar-refractivity contribution < 1.29 is 14.3 Å². The summed E-state index contributed by atoms with van der Waals surface area (Å²) in [5, 5.41) is 0. The molecule has 1 aliphatic carbocycles. The number of nitrogens with zero attached hydrogens (tertiary/aromatic N) is 1. The molecule has 0 radical (unpaired) electrons. The van der Waals surface area contributed by atoms with E-state index >= 15 is 0 Å². The summed E-state index contributed by atoms with van der Waals surface area (Å²) in [5.74, 6) is 0.267. The first-order chi connectivity index (χ1) is 11.2. The molecular weight excluding hydrogens is 290 g/mol. The fourth-order valence-electron chi connectivity index (χ4n) is 2.94. The first kappa shape index (κ1) is 15.3. The van der Waals surface area contributed by atoms with E-state index in [1.165, 1.54) is 0 Å². The van der Waals surface area contributed by atoms with E-state index in [0.717, 1.165) is 11.1 Å². The number of fused-ring (bicyclic) bond motifs is 2. The third-order valence-electron chi connectivity index (χ3n) is 4.20. The molecule has 0 unspecified atom stereocenters. The van der Waals surface area contributed by atoms with Crippen LogP contribution in [0.1, 0.15) is 40.9 Å². The topological polar surface area (TPSA) is 46.6 Å². The van der Waals surface area contributed by atoms with E-state index < -0.39 is 6.09 Å². The zero-order chi connectivity index (χ0) is 16.4. The lowest BCUT2D eigenvalue weighted by Gasteiger charge is -2.22. The van der Waals surface area contributed by atoms with E-state index in [1.807, 2.05) is 50.2 Å². The average molecular weight is 309 g/mol. The minimum Gasteiger partial charge on any atom is -0.409 e. The number of hydrogen-bond acceptors (Lipinski definition) is 3. The molecule has 2 aromatic carbocycles. The van der Waals surface area contributed by atoms with Gasteiger partial charge in [-0.3, -0.25) is 4.79 Å². The van der Waals surface area contributed by atoms with Crippen LogP contribution in [-0.2, 0) is 6.42 Å². The van der Waals surface area contributed by atoms with Gasteiger partial charge in [0.25, 0.3) is 0 Å². The van der Waals surface area contributed by atoms with Crippen LogP contribution in [0.3, 0.4) is 0 Å². The van der Waals surface area contributed by atoms with Crippen molar-refractivity contribution in [2.24, 2.45) is 0 Å². The highest BCUT2D eigenvalue weighted by atomic mass is 16.6. The molecule has 0 bridgehead atoms. The van der Waals surface area contributed by atoms with Crippen LogP contribution in [-0.4, -0.2) is 29.9 Å². The number of ketones is 1. The molecular formula is C19H19NO3. The van der Waals surface area contributed by atoms with Crippen molar-refractivity contribution in [1.82, 2.24) is 4.90 Å². The second-order valence-electron chi connectivity index (χ2n) is 5.49. The summed E-state index contributed by atoms with van der Waals surface area (Å²) in [6.07, 6.45) is 0.253. The van der Waals surface area contributed by atoms with Gasteiger partial charge in [-0.25, -0.2) is 4.79 Å². The van der Waals surface area contributed by atoms with Crippen LogP contribution in [0.5, 0.6) is 5.75 Å². The molecule has 0 aromatic heterocycles. The molecule has 1 aliphatic rings. The van der Waals surface area contributed by atoms with Crippen LogP contribution in [0.2, 0.25) is 0 Å². The lowest BCUT2D eigenvalue weighted by Crippen LogP contribution is -2.33. The largest absolute Gasteiger partial charge is 0.415 e. The Kier molecular flexibility index (Phi) is 4.15. The third kappa shape index (κ3) is 2.72. The zero-order valence-electron chi connectivity index (χ0n) is 13.3. The highest BCUT2D eigenvalue weighted by molar-refractivity contribution is 6.14. The van der Waals surface area contributed by atoms with Gasteiger partial charge in [-0.05, 0) is 37.5 Å². The highest BCUT2D eigenvalue weighted by Gasteiger charge is 2.27. The van der Waals surface area contributed by atoms with E-state index in [4.69, 9.17) is 4.74 Å². The summed E-state index contributed by atoms with van der Waals surface area (Å²) in [4.78, 5) is 26.6. The van der Waals surface area contributed by atoms with E-state index in [-0.39, 0.29) is 5.78 Å². The maximum atomic E-state index is 12.8. The van der Waals surface area contributed by atoms with Crippen LogP contribution < -0.4 is 4.74 Å². The van der Waals surface area contributed by atoms with Crippen LogP contribution in [0, 0.1) is 0 Å². The SMILES string of the molecule is CCN(CC)C(=O)Oc1cccc2c1C(=O)c1ccccc1C2. The molecule has 0 heterocycles. The van der Waals surface area contributed by atoms with Crippen molar-refractivity contribution in [2.75, 3.05) is 13.1 Å². The molecule has 23 heavy (non-hydrogen) atoms. The predicted octanol–water partition coefficient (Wildman–Crippen LogP) is 3.66. The molecule has 0 fully saturated rings. The van der Waals surface area contributed by atoms with Crippen molar-refractivity contribution in [3.63, 3.8) is 0 Å². The number of hydrogen-bond donors (Lipinski definition) is 0. The summed E-state index contributed by atoms with van der Waals surface area (Å²) >= 11 is 0. The molecule has 3 rings (SSSR count). The van der Waals surface area contributed by atoms with Gasteiger partial charge in [-0.2, -0.15) is 0 Å². The minimum absolute atomic E-state index is 0.0789. The monoisotopic (exact) mass is 309 g/mol. The van der Waals surface area contributed by atoms with E-state index in [2.05, 4.69) is 0 Å². The molecule has 2 aromatic rings. The molecule has 118 valence electrons. The molecule has 4 heteroatoms. The Hall–Kier alpha value is -2.62. The zero-order valence-corrected chi connectivity index (χ0v) is 13.3. The number of amides is 1. The fraction of sp³-hybridized carbons (Fsp3) is 0.263. The Balaban J connectivity index is 1.98. The molecule has 0 spiro atoms. The number of benzene rings is 2. The number of carbonyl (C=O) groups excluding carboxylic acids is 2. The Morgan fingerprint density at radius 1 is 1.04 bits per heavy atom. The Morgan fingerprint density at radius 3 is 2.48 bits per heavy atom. The summed E-state index contributed by atoms with van der Waals surface area (Å²) in [6, 6.07) is 13.0. The first-order valence-corrected chi connectivity index (χ1v) is 7.87. The van der Waals surface area contributed by atoms with E-state index in [9.17, 15) is 9.59 Å². The quantitative estimate of drug-likeness (QED) is 0.741. The Bertz CT molecular complexity index is 763. The van der Waals surface area contributed by atoms with Gasteiger partial charge in [-0.15, -0.1) is 0 Å². The molecule has 4 nitrogen and oxygen atoms in total. The maximum absolute atomic E-state index is 12.8. The molecule has 1 amide bonds. The van der Waals surface area contributed by atoms with Gasteiger partial charge in [0.05, 0.1) is 5.56 Å². The average Bonchev–Trinajstić information content (AvgIpc) is 2.56. The van der Waals surface area contributed by atoms with Crippen molar-refractivity contribution >= 4 is 11.9 Å². The molecule has 0 atom stereocenters. The summed E-state index contributed by atoms with van der Waals surface area (Å²) < 4.78 is 5.51. The van der Waals surface area contributed by atoms with E-state index in [0.29, 0.717) is 36.4 Å². The Labute approximate surface area is 135 Å². The second-order valence-corrected chi connectivity index (χ2v) is 5.49. The second kappa shape index (κ2) is 6.24. The van der Waals surface area contributed by atoms with Crippen molar-refractivity contribution in [3.05, 3.63) is 64.7 Å². The van der Waals surface area contributed by atoms with Gasteiger partial charge in [-0.1, -0.05) is 36.4 Å². The van der Waals surface area contributed by atoms with Crippen LogP contribution in [0.25, 0.3) is 0 Å². The number of rotatable bonds is 3. The van der Waals surface area contributed by atoms with Crippen LogP contribution in [0.4, 0.5) is 4.79 Å². The van der Waals surface area contributed by atoms with Gasteiger partial charge in [0.2, 0.25) is 0 Å². The van der Waals surface area contributed by atoms with Gasteiger partial charge >= 0.3 is 6.09 Å². The van der Waals surface area contributed by atoms with Crippen molar-refractivity contribution in [3.8, 4) is 5.75 Å². The smallest absolute Gasteiger partial charge is 0.409 e. The fourth-order valence-corrected chi connectivity index (χ4v) is 2.94. The number of carbonyl (C=O) groups is 2. The summed E-state index contributed by atoms with van der Waals surface area (Å²) in [6.45, 7) is 4.93. The predicted molar refractivity (Wildman–Crippen MR) is 88.1 cm³/mol. The van der Waals surface area contributed by atoms with Crippen molar-refractivity contribution in [2.45, 2.75) is 20.3 Å². The molecule has 0 saturated heterocycles. The Morgan fingerprint density at radius 2 is 1.74 bits per heavy atom. The van der Waals surface area contributed by atoms with Gasteiger partial charge in [0.1, 0.15) is 5.75 Å². The van der Waals surface area contributed by atoms with Crippen molar-refractivity contribution in [1.29, 1.82) is 0 Å². The summed E-state index contributed by atoms with van der Waals surface area (Å²) in [5.41, 5.74) is 3.11. The van der Waals surface area contributed by atoms with Crippen LogP contribution >= 0.6 is 0 Å². The van der Waals surface area contributed by atoms with Gasteiger partial charge in [0, 0.05) is 18.7 Å². The normalized spacial score (nSPS) is 12.3. The lowest BCUT2D eigenvalue weighted by atomic mass is 9.84. The minimum atomic E-state index is -0.421. The van der Waals surface area contributed by atoms with Crippen LogP contribution in [0.15, 0.2) is 42.5 Å².